The van der Waals surface area contributed by atoms with E-state index in [4.69, 9.17) is 11.6 Å². The van der Waals surface area contributed by atoms with Crippen molar-refractivity contribution in [1.82, 2.24) is 15.3 Å². The third kappa shape index (κ3) is 4.86. The number of imidazole rings is 1. The molecule has 142 valence electrons. The molecule has 3 aromatic rings. The highest BCUT2D eigenvalue weighted by atomic mass is 35.5. The Kier molecular flexibility index (Phi) is 5.79. The van der Waals surface area contributed by atoms with Crippen molar-refractivity contribution in [2.24, 2.45) is 0 Å². The summed E-state index contributed by atoms with van der Waals surface area (Å²) in [5.74, 6) is -0.886. The van der Waals surface area contributed by atoms with E-state index >= 15 is 0 Å². The molecule has 0 fully saturated rings. The third-order valence-electron chi connectivity index (χ3n) is 4.34. The van der Waals surface area contributed by atoms with E-state index in [0.29, 0.717) is 11.4 Å². The van der Waals surface area contributed by atoms with Crippen molar-refractivity contribution in [3.8, 4) is 5.75 Å². The summed E-state index contributed by atoms with van der Waals surface area (Å²) < 4.78 is 13.4. The van der Waals surface area contributed by atoms with E-state index in [0.717, 1.165) is 17.3 Å². The second-order valence-electron chi connectivity index (χ2n) is 6.65. The number of phenolic OH excluding ortho intramolecular Hbond substituents is 1. The molecular formula is C20H21ClFN3O2. The quantitative estimate of drug-likeness (QED) is 0.466. The number of hydrogen-bond donors (Lipinski definition) is 4. The van der Waals surface area contributed by atoms with Crippen molar-refractivity contribution < 1.29 is 14.6 Å². The third-order valence-corrected chi connectivity index (χ3v) is 4.60. The Balaban J connectivity index is 1.90. The lowest BCUT2D eigenvalue weighted by molar-refractivity contribution is -0.0112. The molecule has 27 heavy (non-hydrogen) atoms. The van der Waals surface area contributed by atoms with Crippen LogP contribution in [-0.2, 0) is 18.6 Å². The molecule has 0 aliphatic heterocycles. The number of nitrogens with zero attached hydrogens (tertiary/aromatic N) is 1. The van der Waals surface area contributed by atoms with Crippen LogP contribution < -0.4 is 5.32 Å². The SMILES string of the molecule is C[C@H](Cc1cnc[nH]1)NC(O)(Cc1ccc(Cl)cc1)c1ccc(F)cc1O. The van der Waals surface area contributed by atoms with Gasteiger partial charge in [-0.25, -0.2) is 9.37 Å². The molecule has 0 amide bonds. The smallest absolute Gasteiger partial charge is 0.149 e. The van der Waals surface area contributed by atoms with Gasteiger partial charge >= 0.3 is 0 Å². The van der Waals surface area contributed by atoms with E-state index in [2.05, 4.69) is 15.3 Å². The number of H-pyrrole nitrogens is 1. The normalized spacial score (nSPS) is 14.7. The fourth-order valence-corrected chi connectivity index (χ4v) is 3.29. The number of benzene rings is 2. The molecule has 0 bridgehead atoms. The number of nitrogens with one attached hydrogen (secondary N) is 2. The highest BCUT2D eigenvalue weighted by Gasteiger charge is 2.34. The maximum absolute atomic E-state index is 13.4. The molecule has 1 aromatic heterocycles. The molecule has 0 aliphatic rings. The van der Waals surface area contributed by atoms with Gasteiger partial charge in [-0.15, -0.1) is 0 Å². The molecule has 0 aliphatic carbocycles. The van der Waals surface area contributed by atoms with Gasteiger partial charge in [0.05, 0.1) is 6.33 Å². The molecule has 1 heterocycles. The van der Waals surface area contributed by atoms with Gasteiger partial charge in [-0.2, -0.15) is 0 Å². The van der Waals surface area contributed by atoms with E-state index in [1.807, 2.05) is 6.92 Å². The molecule has 5 nitrogen and oxygen atoms in total. The summed E-state index contributed by atoms with van der Waals surface area (Å²) in [5.41, 5.74) is 0.319. The number of halogens is 2. The van der Waals surface area contributed by atoms with Gasteiger partial charge in [0.25, 0.3) is 0 Å². The summed E-state index contributed by atoms with van der Waals surface area (Å²) in [6, 6.07) is 10.5. The van der Waals surface area contributed by atoms with Gasteiger partial charge in [-0.05, 0) is 36.8 Å². The van der Waals surface area contributed by atoms with Gasteiger partial charge in [-0.1, -0.05) is 23.7 Å². The predicted molar refractivity (Wildman–Crippen MR) is 102 cm³/mol. The van der Waals surface area contributed by atoms with Crippen LogP contribution in [0.4, 0.5) is 4.39 Å². The number of phenols is 1. The Morgan fingerprint density at radius 1 is 1.26 bits per heavy atom. The Bertz CT molecular complexity index is 887. The first-order chi connectivity index (χ1) is 12.9. The zero-order valence-corrected chi connectivity index (χ0v) is 15.5. The minimum atomic E-state index is -1.61. The van der Waals surface area contributed by atoms with Crippen molar-refractivity contribution in [2.45, 2.75) is 31.5 Å². The van der Waals surface area contributed by atoms with Gasteiger partial charge in [0.1, 0.15) is 17.3 Å². The zero-order chi connectivity index (χ0) is 19.4. The molecule has 7 heteroatoms. The van der Waals surface area contributed by atoms with Crippen LogP contribution in [0.15, 0.2) is 55.0 Å². The van der Waals surface area contributed by atoms with Gasteiger partial charge < -0.3 is 15.2 Å². The zero-order valence-electron chi connectivity index (χ0n) is 14.8. The molecule has 0 spiro atoms. The van der Waals surface area contributed by atoms with Gasteiger partial charge in [0, 0.05) is 47.4 Å². The van der Waals surface area contributed by atoms with Gasteiger partial charge in [0.15, 0.2) is 0 Å². The minimum Gasteiger partial charge on any atom is -0.507 e. The maximum atomic E-state index is 13.4. The number of aromatic amines is 1. The van der Waals surface area contributed by atoms with Crippen molar-refractivity contribution >= 4 is 11.6 Å². The van der Waals surface area contributed by atoms with Crippen molar-refractivity contribution in [3.63, 3.8) is 0 Å². The molecule has 0 saturated heterocycles. The van der Waals surface area contributed by atoms with E-state index in [1.54, 1.807) is 36.8 Å². The summed E-state index contributed by atoms with van der Waals surface area (Å²) in [6.45, 7) is 1.91. The second kappa shape index (κ2) is 8.08. The summed E-state index contributed by atoms with van der Waals surface area (Å²) in [6.07, 6.45) is 4.06. The summed E-state index contributed by atoms with van der Waals surface area (Å²) >= 11 is 5.94. The lowest BCUT2D eigenvalue weighted by atomic mass is 9.92. The highest BCUT2D eigenvalue weighted by molar-refractivity contribution is 6.30. The fourth-order valence-electron chi connectivity index (χ4n) is 3.16. The molecule has 1 unspecified atom stereocenters. The van der Waals surface area contributed by atoms with Crippen LogP contribution in [0.3, 0.4) is 0 Å². The van der Waals surface area contributed by atoms with Crippen molar-refractivity contribution in [3.05, 3.63) is 82.6 Å². The second-order valence-corrected chi connectivity index (χ2v) is 7.09. The van der Waals surface area contributed by atoms with Crippen LogP contribution in [0.2, 0.25) is 5.02 Å². The largest absolute Gasteiger partial charge is 0.507 e. The highest BCUT2D eigenvalue weighted by Crippen LogP contribution is 2.32. The van der Waals surface area contributed by atoms with E-state index in [9.17, 15) is 14.6 Å². The lowest BCUT2D eigenvalue weighted by Gasteiger charge is -2.33. The Morgan fingerprint density at radius 2 is 2.00 bits per heavy atom. The average Bonchev–Trinajstić information content (AvgIpc) is 3.09. The van der Waals surface area contributed by atoms with Crippen molar-refractivity contribution in [2.75, 3.05) is 0 Å². The van der Waals surface area contributed by atoms with Crippen LogP contribution in [0.1, 0.15) is 23.7 Å². The van der Waals surface area contributed by atoms with Crippen LogP contribution in [0.5, 0.6) is 5.75 Å². The fraction of sp³-hybridized carbons (Fsp3) is 0.250. The summed E-state index contributed by atoms with van der Waals surface area (Å²) in [7, 11) is 0. The van der Waals surface area contributed by atoms with Crippen LogP contribution in [0.25, 0.3) is 0 Å². The Morgan fingerprint density at radius 3 is 2.63 bits per heavy atom. The summed E-state index contributed by atoms with van der Waals surface area (Å²) in [5, 5.41) is 25.4. The number of aliphatic hydroxyl groups is 1. The van der Waals surface area contributed by atoms with Crippen LogP contribution in [0, 0.1) is 5.82 Å². The minimum absolute atomic E-state index is 0.160. The molecule has 0 saturated carbocycles. The van der Waals surface area contributed by atoms with E-state index in [1.165, 1.54) is 12.1 Å². The molecule has 4 N–H and O–H groups in total. The lowest BCUT2D eigenvalue weighted by Crippen LogP contribution is -2.49. The maximum Gasteiger partial charge on any atom is 0.149 e. The standard InChI is InChI=1S/C20H21ClFN3O2/c1-13(8-17-11-23-12-24-17)25-20(27,10-14-2-4-15(21)5-3-14)18-7-6-16(22)9-19(18)26/h2-7,9,11-13,25-27H,8,10H2,1H3,(H,23,24)/t13-,20?/m1/s1. The van der Waals surface area contributed by atoms with Gasteiger partial charge in [0.2, 0.25) is 0 Å². The monoisotopic (exact) mass is 389 g/mol. The first kappa shape index (κ1) is 19.4. The van der Waals surface area contributed by atoms with Crippen LogP contribution in [-0.4, -0.2) is 26.2 Å². The molecule has 3 rings (SSSR count). The number of rotatable bonds is 7. The molecule has 2 aromatic carbocycles. The Labute approximate surface area is 161 Å². The first-order valence-corrected chi connectivity index (χ1v) is 8.94. The number of aromatic hydroxyl groups is 1. The average molecular weight is 390 g/mol. The van der Waals surface area contributed by atoms with E-state index < -0.39 is 11.5 Å². The topological polar surface area (TPSA) is 81.2 Å². The molecule has 0 radical (unpaired) electrons. The molecular weight excluding hydrogens is 369 g/mol. The summed E-state index contributed by atoms with van der Waals surface area (Å²) in [4.78, 5) is 7.01. The van der Waals surface area contributed by atoms with Crippen molar-refractivity contribution in [1.29, 1.82) is 0 Å². The van der Waals surface area contributed by atoms with E-state index in [-0.39, 0.29) is 23.8 Å². The first-order valence-electron chi connectivity index (χ1n) is 8.56. The Hall–Kier alpha value is -2.41. The van der Waals surface area contributed by atoms with Crippen LogP contribution >= 0.6 is 11.6 Å². The molecule has 2 atom stereocenters. The number of aromatic nitrogens is 2. The van der Waals surface area contributed by atoms with Gasteiger partial charge in [-0.3, -0.25) is 5.32 Å². The predicted octanol–water partition coefficient (Wildman–Crippen LogP) is 3.52. The number of hydrogen-bond acceptors (Lipinski definition) is 4.